The van der Waals surface area contributed by atoms with E-state index in [0.717, 1.165) is 94.1 Å². The molecule has 6 heterocycles. The van der Waals surface area contributed by atoms with Gasteiger partial charge in [-0.2, -0.15) is 0 Å². The van der Waals surface area contributed by atoms with E-state index in [-0.39, 0.29) is 17.7 Å². The minimum absolute atomic E-state index is 0.162. The molecular weight excluding hydrogens is 536 g/mol. The van der Waals surface area contributed by atoms with E-state index in [0.29, 0.717) is 36.2 Å². The number of fused-ring (bicyclic) bond motifs is 8. The quantitative estimate of drug-likeness (QED) is 0.232. The van der Waals surface area contributed by atoms with Gasteiger partial charge in [-0.05, 0) is 86.7 Å². The van der Waals surface area contributed by atoms with Crippen LogP contribution in [0.5, 0.6) is 0 Å². The highest BCUT2D eigenvalue weighted by Crippen LogP contribution is 2.37. The monoisotopic (exact) mass is 578 g/mol. The van der Waals surface area contributed by atoms with Crippen molar-refractivity contribution in [2.75, 3.05) is 20.1 Å². The average Bonchev–Trinajstić information content (AvgIpc) is 3.70. The van der Waals surface area contributed by atoms with E-state index in [4.69, 9.17) is 9.97 Å². The number of carbonyl (C=O) groups is 2. The minimum Gasteiger partial charge on any atom is -0.361 e. The van der Waals surface area contributed by atoms with Gasteiger partial charge in [-0.3, -0.25) is 14.5 Å². The molecule has 1 unspecified atom stereocenters. The van der Waals surface area contributed by atoms with Gasteiger partial charge in [0.05, 0.1) is 39.4 Å². The summed E-state index contributed by atoms with van der Waals surface area (Å²) in [6.45, 7) is 11.7. The number of nitrogens with zero attached hydrogens (tertiary/aromatic N) is 3. The predicted molar refractivity (Wildman–Crippen MR) is 173 cm³/mol. The van der Waals surface area contributed by atoms with Crippen LogP contribution in [0.2, 0.25) is 0 Å². The zero-order valence-electron chi connectivity index (χ0n) is 26.2. The van der Waals surface area contributed by atoms with Gasteiger partial charge in [-0.15, -0.1) is 0 Å². The number of imide groups is 1. The first-order valence-electron chi connectivity index (χ1n) is 15.7. The molecule has 0 saturated heterocycles. The molecule has 0 fully saturated rings. The lowest BCUT2D eigenvalue weighted by Gasteiger charge is -2.26. The van der Waals surface area contributed by atoms with Crippen LogP contribution in [-0.2, 0) is 6.42 Å². The van der Waals surface area contributed by atoms with Crippen molar-refractivity contribution in [3.63, 3.8) is 0 Å². The van der Waals surface area contributed by atoms with Gasteiger partial charge in [0.25, 0.3) is 11.8 Å². The summed E-state index contributed by atoms with van der Waals surface area (Å²) in [6, 6.07) is 6.23. The Kier molecular flexibility index (Phi) is 7.81. The van der Waals surface area contributed by atoms with E-state index in [1.807, 2.05) is 20.0 Å². The van der Waals surface area contributed by atoms with Crippen molar-refractivity contribution in [1.29, 1.82) is 0 Å². The highest BCUT2D eigenvalue weighted by atomic mass is 16.2. The number of rotatable bonds is 8. The van der Waals surface area contributed by atoms with Crippen LogP contribution in [-0.4, -0.2) is 56.8 Å². The molecule has 2 amide bonds. The van der Waals surface area contributed by atoms with E-state index in [2.05, 4.69) is 61.2 Å². The Morgan fingerprint density at radius 1 is 0.953 bits per heavy atom. The molecule has 2 aromatic rings. The van der Waals surface area contributed by atoms with E-state index in [1.54, 1.807) is 0 Å². The number of aromatic nitrogens is 4. The third-order valence-electron chi connectivity index (χ3n) is 9.21. The van der Waals surface area contributed by atoms with Gasteiger partial charge < -0.3 is 15.3 Å². The molecule has 4 aliphatic heterocycles. The van der Waals surface area contributed by atoms with Crippen LogP contribution in [0.3, 0.4) is 0 Å². The first-order chi connectivity index (χ1) is 20.7. The maximum absolute atomic E-state index is 14.2. The van der Waals surface area contributed by atoms with Gasteiger partial charge in [-0.1, -0.05) is 40.0 Å². The largest absolute Gasteiger partial charge is 0.361 e. The molecule has 8 heteroatoms. The molecule has 0 aromatic carbocycles. The van der Waals surface area contributed by atoms with E-state index in [1.165, 1.54) is 4.90 Å². The summed E-state index contributed by atoms with van der Waals surface area (Å²) in [5, 5.41) is 3.30. The Morgan fingerprint density at radius 3 is 2.49 bits per heavy atom. The number of H-pyrrole nitrogens is 2. The van der Waals surface area contributed by atoms with Crippen LogP contribution >= 0.6 is 0 Å². The molecule has 6 rings (SSSR count). The third kappa shape index (κ3) is 5.01. The van der Waals surface area contributed by atoms with Gasteiger partial charge in [0.2, 0.25) is 0 Å². The number of amides is 2. The first kappa shape index (κ1) is 29.1. The van der Waals surface area contributed by atoms with E-state index < -0.39 is 0 Å². The van der Waals surface area contributed by atoms with Crippen LogP contribution in [0.4, 0.5) is 0 Å². The number of unbranched alkanes of at least 4 members (excludes halogenated alkanes) is 3. The second-order valence-electron chi connectivity index (χ2n) is 12.2. The molecule has 0 spiro atoms. The molecule has 0 radical (unpaired) electrons. The van der Waals surface area contributed by atoms with Crippen LogP contribution in [0, 0.1) is 6.92 Å². The van der Waals surface area contributed by atoms with Crippen molar-refractivity contribution < 1.29 is 9.59 Å². The van der Waals surface area contributed by atoms with Gasteiger partial charge >= 0.3 is 0 Å². The minimum atomic E-state index is -0.224. The Hall–Kier alpha value is -4.04. The maximum atomic E-state index is 14.2. The lowest BCUT2D eigenvalue weighted by molar-refractivity contribution is 0.0606. The summed E-state index contributed by atoms with van der Waals surface area (Å²) in [7, 11) is 1.95. The summed E-state index contributed by atoms with van der Waals surface area (Å²) in [5.41, 5.74) is 12.3. The predicted octanol–water partition coefficient (Wildman–Crippen LogP) is 6.97. The number of nitrogens with one attached hydrogen (secondary N) is 3. The molecular formula is C35H42N6O2. The highest BCUT2D eigenvalue weighted by Gasteiger charge is 2.37. The number of hydrogen-bond donors (Lipinski definition) is 3. The van der Waals surface area contributed by atoms with Crippen molar-refractivity contribution >= 4 is 45.6 Å². The van der Waals surface area contributed by atoms with Crippen molar-refractivity contribution in [3.05, 3.63) is 69.1 Å². The zero-order valence-corrected chi connectivity index (χ0v) is 26.2. The van der Waals surface area contributed by atoms with E-state index in [9.17, 15) is 9.59 Å². The summed E-state index contributed by atoms with van der Waals surface area (Å²) in [6.07, 6.45) is 7.60. The van der Waals surface area contributed by atoms with Gasteiger partial charge in [-0.25, -0.2) is 9.97 Å². The molecule has 8 nitrogen and oxygen atoms in total. The number of hydrogen-bond acceptors (Lipinski definition) is 5. The summed E-state index contributed by atoms with van der Waals surface area (Å²) in [5.74, 6) is -0.276. The fourth-order valence-electron chi connectivity index (χ4n) is 6.66. The number of aromatic amines is 2. The van der Waals surface area contributed by atoms with Crippen LogP contribution in [0.25, 0.3) is 33.8 Å². The topological polar surface area (TPSA) is 107 Å². The van der Waals surface area contributed by atoms with Gasteiger partial charge in [0.15, 0.2) is 0 Å². The van der Waals surface area contributed by atoms with Crippen molar-refractivity contribution in [3.8, 4) is 0 Å². The third-order valence-corrected chi connectivity index (χ3v) is 9.21. The fraction of sp³-hybridized carbons (Fsp3) is 0.429. The standard InChI is InChI=1S/C35H42N6O2/c1-7-9-10-11-12-41-34(42)31-21(5)27-17-28-22(8-2)14-23(37-28)15-29-24(18-36-6)20(4)26(39-29)16-25-19(3)13-30(38-25)32(35(41)43)33(31)40-27/h14-17,19,36,38,40H,7-13,18H2,1-6H3. The van der Waals surface area contributed by atoms with Crippen molar-refractivity contribution in [2.24, 2.45) is 0 Å². The van der Waals surface area contributed by atoms with Crippen LogP contribution in [0.1, 0.15) is 126 Å². The first-order valence-corrected chi connectivity index (χ1v) is 15.7. The molecule has 0 aliphatic carbocycles. The second kappa shape index (κ2) is 11.6. The molecule has 0 saturated carbocycles. The SMILES string of the molecule is CCCCCCN1C(=O)c2c3[nH]c(cc4nc(cc5nc(cc6[nH]c2c(c6C)C1=O)C(CC)=C5)C(CNC)=C4C)C(C)C3. The van der Waals surface area contributed by atoms with Crippen molar-refractivity contribution in [2.45, 2.75) is 79.1 Å². The number of likely N-dealkylation sites (N-methyl/N-ethyl adjacent to an activating group) is 1. The molecule has 1 atom stereocenters. The van der Waals surface area contributed by atoms with Gasteiger partial charge in [0.1, 0.15) is 0 Å². The van der Waals surface area contributed by atoms with E-state index >= 15 is 0 Å². The normalized spacial score (nSPS) is 17.1. The Bertz CT molecular complexity index is 1770. The van der Waals surface area contributed by atoms with Gasteiger partial charge in [0, 0.05) is 35.9 Å². The summed E-state index contributed by atoms with van der Waals surface area (Å²) < 4.78 is 0. The Morgan fingerprint density at radius 2 is 1.74 bits per heavy atom. The fourth-order valence-corrected chi connectivity index (χ4v) is 6.66. The number of carbonyl (C=O) groups excluding carboxylic acids is 2. The summed E-state index contributed by atoms with van der Waals surface area (Å²) in [4.78, 5) is 46.8. The van der Waals surface area contributed by atoms with Crippen molar-refractivity contribution in [1.82, 2.24) is 30.2 Å². The highest BCUT2D eigenvalue weighted by molar-refractivity contribution is 6.23. The number of aryl methyl sites for hydroxylation is 1. The second-order valence-corrected chi connectivity index (χ2v) is 12.2. The smallest absolute Gasteiger partial charge is 0.264 e. The molecule has 8 bridgehead atoms. The number of allylic oxidation sites excluding steroid dienone is 2. The molecule has 2 aromatic heterocycles. The lowest BCUT2D eigenvalue weighted by Crippen LogP contribution is -2.41. The molecule has 224 valence electrons. The molecule has 4 aliphatic rings. The maximum Gasteiger partial charge on any atom is 0.264 e. The summed E-state index contributed by atoms with van der Waals surface area (Å²) >= 11 is 0. The average molecular weight is 579 g/mol. The molecule has 43 heavy (non-hydrogen) atoms. The Labute approximate surface area is 253 Å². The van der Waals surface area contributed by atoms with Crippen LogP contribution in [0.15, 0.2) is 18.2 Å². The zero-order chi connectivity index (χ0) is 30.4. The lowest BCUT2D eigenvalue weighted by atomic mass is 9.96. The molecule has 3 N–H and O–H groups in total. The van der Waals surface area contributed by atoms with Crippen LogP contribution < -0.4 is 5.32 Å². The Balaban J connectivity index is 1.67.